The monoisotopic (exact) mass is 291 g/mol. The Hall–Kier alpha value is -1.32. The van der Waals surface area contributed by atoms with Crippen molar-refractivity contribution >= 4 is 29.1 Å². The van der Waals surface area contributed by atoms with Crippen LogP contribution in [0.15, 0.2) is 47.4 Å². The van der Waals surface area contributed by atoms with Crippen LogP contribution in [0.4, 0.5) is 5.69 Å². The van der Waals surface area contributed by atoms with Gasteiger partial charge in [0.2, 0.25) is 0 Å². The Morgan fingerprint density at radius 2 is 2.05 bits per heavy atom. The molecule has 1 aliphatic rings. The lowest BCUT2D eigenvalue weighted by Gasteiger charge is -2.12. The van der Waals surface area contributed by atoms with Crippen molar-refractivity contribution in [2.24, 2.45) is 0 Å². The summed E-state index contributed by atoms with van der Waals surface area (Å²) in [6.07, 6.45) is 1.14. The molecule has 1 aliphatic heterocycles. The van der Waals surface area contributed by atoms with E-state index in [-0.39, 0.29) is 6.10 Å². The minimum atomic E-state index is 0.193. The zero-order chi connectivity index (χ0) is 13.2. The molecule has 0 radical (unpaired) electrons. The second-order valence-corrected chi connectivity index (χ2v) is 5.96. The van der Waals surface area contributed by atoms with Crippen LogP contribution in [-0.2, 0) is 6.42 Å². The molecule has 1 atom stereocenters. The first-order chi connectivity index (χ1) is 9.24. The van der Waals surface area contributed by atoms with Gasteiger partial charge >= 0.3 is 0 Å². The van der Waals surface area contributed by atoms with Gasteiger partial charge in [-0.05, 0) is 23.8 Å². The van der Waals surface area contributed by atoms with Gasteiger partial charge in [-0.2, -0.15) is 0 Å². The number of para-hydroxylation sites is 1. The second kappa shape index (κ2) is 5.35. The minimum absolute atomic E-state index is 0.193. The van der Waals surface area contributed by atoms with E-state index in [1.807, 2.05) is 36.4 Å². The molecule has 2 aromatic carbocycles. The Morgan fingerprint density at radius 1 is 1.21 bits per heavy atom. The molecule has 0 spiro atoms. The number of benzene rings is 2. The Morgan fingerprint density at radius 3 is 2.84 bits per heavy atom. The number of nitrogens with two attached hydrogens (primary N) is 1. The maximum Gasteiger partial charge on any atom is 0.123 e. The van der Waals surface area contributed by atoms with Crippen LogP contribution < -0.4 is 10.5 Å². The lowest BCUT2D eigenvalue weighted by atomic mass is 10.1. The number of rotatable bonds is 3. The summed E-state index contributed by atoms with van der Waals surface area (Å²) in [5.41, 5.74) is 7.95. The van der Waals surface area contributed by atoms with Gasteiger partial charge < -0.3 is 10.5 Å². The largest absolute Gasteiger partial charge is 0.489 e. The number of halogens is 1. The first kappa shape index (κ1) is 12.7. The normalized spacial score (nSPS) is 17.0. The third-order valence-electron chi connectivity index (χ3n) is 3.12. The average molecular weight is 292 g/mol. The zero-order valence-electron chi connectivity index (χ0n) is 10.3. The van der Waals surface area contributed by atoms with E-state index < -0.39 is 0 Å². The summed E-state index contributed by atoms with van der Waals surface area (Å²) in [4.78, 5) is 0.948. The molecule has 3 rings (SSSR count). The van der Waals surface area contributed by atoms with Gasteiger partial charge in [-0.15, -0.1) is 11.8 Å². The molecular formula is C15H14ClNOS. The van der Waals surface area contributed by atoms with Gasteiger partial charge in [-0.1, -0.05) is 35.9 Å². The second-order valence-electron chi connectivity index (χ2n) is 4.52. The molecule has 2 N–H and O–H groups in total. The van der Waals surface area contributed by atoms with Crippen LogP contribution in [0.1, 0.15) is 5.56 Å². The number of hydrogen-bond acceptors (Lipinski definition) is 3. The number of ether oxygens (including phenoxy) is 1. The number of fused-ring (bicyclic) bond motifs is 1. The van der Waals surface area contributed by atoms with E-state index in [0.29, 0.717) is 5.02 Å². The number of nitrogen functional groups attached to an aromatic ring is 1. The molecule has 0 saturated heterocycles. The molecule has 0 saturated carbocycles. The lowest BCUT2D eigenvalue weighted by Crippen LogP contribution is -2.16. The molecule has 98 valence electrons. The molecule has 19 heavy (non-hydrogen) atoms. The van der Waals surface area contributed by atoms with Gasteiger partial charge in [0.1, 0.15) is 11.9 Å². The maximum atomic E-state index is 6.16. The van der Waals surface area contributed by atoms with E-state index in [4.69, 9.17) is 22.1 Å². The van der Waals surface area contributed by atoms with Crippen LogP contribution in [0, 0.1) is 0 Å². The third kappa shape index (κ3) is 2.67. The summed E-state index contributed by atoms with van der Waals surface area (Å²) < 4.78 is 5.90. The van der Waals surface area contributed by atoms with Crippen molar-refractivity contribution in [1.29, 1.82) is 0 Å². The predicted molar refractivity (Wildman–Crippen MR) is 81.2 cm³/mol. The summed E-state index contributed by atoms with van der Waals surface area (Å²) in [6, 6.07) is 13.8. The number of hydrogen-bond donors (Lipinski definition) is 1. The summed E-state index contributed by atoms with van der Waals surface area (Å²) in [6.45, 7) is 0. The fraction of sp³-hybridized carbons (Fsp3) is 0.200. The van der Waals surface area contributed by atoms with Gasteiger partial charge in [-0.3, -0.25) is 0 Å². The van der Waals surface area contributed by atoms with Crippen LogP contribution in [0.25, 0.3) is 0 Å². The SMILES string of the molecule is Nc1cccc(Cl)c1SCC1Cc2ccccc2O1. The third-order valence-corrected chi connectivity index (χ3v) is 4.83. The van der Waals surface area contributed by atoms with E-state index >= 15 is 0 Å². The quantitative estimate of drug-likeness (QED) is 0.685. The van der Waals surface area contributed by atoms with Gasteiger partial charge in [0.25, 0.3) is 0 Å². The molecule has 0 aliphatic carbocycles. The average Bonchev–Trinajstić information content (AvgIpc) is 2.81. The number of thioether (sulfide) groups is 1. The van der Waals surface area contributed by atoms with Crippen LogP contribution in [0.2, 0.25) is 5.02 Å². The highest BCUT2D eigenvalue weighted by Crippen LogP contribution is 2.36. The van der Waals surface area contributed by atoms with E-state index in [2.05, 4.69) is 6.07 Å². The molecule has 2 nitrogen and oxygen atoms in total. The molecule has 2 aromatic rings. The zero-order valence-corrected chi connectivity index (χ0v) is 11.9. The molecule has 0 amide bonds. The predicted octanol–water partition coefficient (Wildman–Crippen LogP) is 4.02. The van der Waals surface area contributed by atoms with E-state index in [0.717, 1.165) is 28.5 Å². The Kier molecular flexibility index (Phi) is 3.58. The summed E-state index contributed by atoms with van der Waals surface area (Å²) in [5.74, 6) is 1.85. The van der Waals surface area contributed by atoms with Crippen LogP contribution in [0.5, 0.6) is 5.75 Å². The van der Waals surface area contributed by atoms with Crippen molar-refractivity contribution < 1.29 is 4.74 Å². The summed E-state index contributed by atoms with van der Waals surface area (Å²) in [7, 11) is 0. The molecule has 4 heteroatoms. The maximum absolute atomic E-state index is 6.16. The van der Waals surface area contributed by atoms with Gasteiger partial charge in [-0.25, -0.2) is 0 Å². The topological polar surface area (TPSA) is 35.2 Å². The highest BCUT2D eigenvalue weighted by atomic mass is 35.5. The van der Waals surface area contributed by atoms with Crippen molar-refractivity contribution in [1.82, 2.24) is 0 Å². The Bertz CT molecular complexity index is 557. The van der Waals surface area contributed by atoms with E-state index in [1.54, 1.807) is 11.8 Å². The molecular weight excluding hydrogens is 278 g/mol. The van der Waals surface area contributed by atoms with Gasteiger partial charge in [0, 0.05) is 22.8 Å². The van der Waals surface area contributed by atoms with Crippen LogP contribution >= 0.6 is 23.4 Å². The van der Waals surface area contributed by atoms with Crippen molar-refractivity contribution in [3.63, 3.8) is 0 Å². The summed E-state index contributed by atoms with van der Waals surface area (Å²) in [5, 5.41) is 0.709. The molecule has 0 fully saturated rings. The Labute approximate surface area is 121 Å². The Balaban J connectivity index is 1.66. The molecule has 1 heterocycles. The lowest BCUT2D eigenvalue weighted by molar-refractivity contribution is 0.259. The fourth-order valence-electron chi connectivity index (χ4n) is 2.20. The van der Waals surface area contributed by atoms with Gasteiger partial charge in [0.05, 0.1) is 5.02 Å². The van der Waals surface area contributed by atoms with Crippen LogP contribution in [0.3, 0.4) is 0 Å². The molecule has 0 bridgehead atoms. The summed E-state index contributed by atoms with van der Waals surface area (Å²) >= 11 is 7.82. The van der Waals surface area contributed by atoms with Crippen molar-refractivity contribution in [2.45, 2.75) is 17.4 Å². The van der Waals surface area contributed by atoms with E-state index in [9.17, 15) is 0 Å². The number of anilines is 1. The first-order valence-electron chi connectivity index (χ1n) is 6.15. The smallest absolute Gasteiger partial charge is 0.123 e. The minimum Gasteiger partial charge on any atom is -0.489 e. The standard InChI is InChI=1S/C15H14ClNOS/c16-12-5-3-6-13(17)15(12)19-9-11-8-10-4-1-2-7-14(10)18-11/h1-7,11H,8-9,17H2. The molecule has 0 aromatic heterocycles. The van der Waals surface area contributed by atoms with Crippen molar-refractivity contribution in [2.75, 3.05) is 11.5 Å². The van der Waals surface area contributed by atoms with Crippen molar-refractivity contribution in [3.05, 3.63) is 53.1 Å². The fourth-order valence-corrected chi connectivity index (χ4v) is 3.53. The highest BCUT2D eigenvalue weighted by molar-refractivity contribution is 7.99. The molecule has 1 unspecified atom stereocenters. The van der Waals surface area contributed by atoms with E-state index in [1.165, 1.54) is 5.56 Å². The van der Waals surface area contributed by atoms with Crippen molar-refractivity contribution in [3.8, 4) is 5.75 Å². The van der Waals surface area contributed by atoms with Gasteiger partial charge in [0.15, 0.2) is 0 Å². The van der Waals surface area contributed by atoms with Crippen LogP contribution in [-0.4, -0.2) is 11.9 Å². The highest BCUT2D eigenvalue weighted by Gasteiger charge is 2.22. The first-order valence-corrected chi connectivity index (χ1v) is 7.52.